The summed E-state index contributed by atoms with van der Waals surface area (Å²) in [6, 6.07) is 9.37. The molecule has 1 aliphatic carbocycles. The smallest absolute Gasteiger partial charge is 0.160 e. The lowest BCUT2D eigenvalue weighted by molar-refractivity contribution is 0.480. The number of hydrogen-bond donors (Lipinski definition) is 0. The first-order valence-corrected chi connectivity index (χ1v) is 11.6. The van der Waals surface area contributed by atoms with Crippen LogP contribution in [0.25, 0.3) is 0 Å². The van der Waals surface area contributed by atoms with E-state index in [-0.39, 0.29) is 22.6 Å². The standard InChI is InChI=1S/C29H25F5/c1-2-3-4-5-19-15-26(32)28(27(33)16-19)22-11-12-23-21(17-22)10-9-20(29(23)34)8-6-18-7-13-24(30)25(31)14-18/h7,9-10,13-16,22H,2-5,11-12,17H2,1H3. The highest BCUT2D eigenvalue weighted by Gasteiger charge is 2.28. The molecule has 0 saturated carbocycles. The first kappa shape index (κ1) is 24.0. The van der Waals surface area contributed by atoms with E-state index < -0.39 is 29.1 Å². The van der Waals surface area contributed by atoms with Gasteiger partial charge in [-0.25, -0.2) is 22.0 Å². The van der Waals surface area contributed by atoms with Gasteiger partial charge in [-0.05, 0) is 91.1 Å². The normalized spacial score (nSPS) is 14.9. The summed E-state index contributed by atoms with van der Waals surface area (Å²) in [5, 5.41) is 0. The first-order chi connectivity index (χ1) is 16.4. The molecule has 0 fully saturated rings. The van der Waals surface area contributed by atoms with E-state index in [1.165, 1.54) is 24.3 Å². The summed E-state index contributed by atoms with van der Waals surface area (Å²) in [5.41, 5.74) is 2.32. The number of rotatable bonds is 5. The van der Waals surface area contributed by atoms with E-state index in [2.05, 4.69) is 18.8 Å². The fraction of sp³-hybridized carbons (Fsp3) is 0.310. The van der Waals surface area contributed by atoms with Gasteiger partial charge in [-0.15, -0.1) is 0 Å². The number of benzene rings is 3. The molecule has 1 unspecified atom stereocenters. The van der Waals surface area contributed by atoms with Crippen molar-refractivity contribution in [3.8, 4) is 11.8 Å². The molecular formula is C29H25F5. The number of halogens is 5. The highest BCUT2D eigenvalue weighted by molar-refractivity contribution is 5.48. The lowest BCUT2D eigenvalue weighted by Gasteiger charge is -2.26. The Balaban J connectivity index is 1.54. The van der Waals surface area contributed by atoms with E-state index in [4.69, 9.17) is 0 Å². The second-order valence-corrected chi connectivity index (χ2v) is 8.81. The summed E-state index contributed by atoms with van der Waals surface area (Å²) in [5.74, 6) is 1.44. The Labute approximate surface area is 196 Å². The van der Waals surface area contributed by atoms with Crippen molar-refractivity contribution < 1.29 is 22.0 Å². The Kier molecular flexibility index (Phi) is 7.36. The van der Waals surface area contributed by atoms with Crippen LogP contribution in [-0.4, -0.2) is 0 Å². The van der Waals surface area contributed by atoms with Crippen LogP contribution in [0.5, 0.6) is 0 Å². The van der Waals surface area contributed by atoms with Crippen molar-refractivity contribution in [1.29, 1.82) is 0 Å². The summed E-state index contributed by atoms with van der Waals surface area (Å²) in [6.07, 6.45) is 4.70. The maximum atomic E-state index is 15.1. The second kappa shape index (κ2) is 10.4. The number of unbranched alkanes of at least 4 members (excludes halogenated alkanes) is 2. The molecule has 0 aliphatic heterocycles. The molecule has 34 heavy (non-hydrogen) atoms. The molecule has 0 saturated heterocycles. The van der Waals surface area contributed by atoms with E-state index in [1.807, 2.05) is 0 Å². The molecular weight excluding hydrogens is 443 g/mol. The maximum absolute atomic E-state index is 15.1. The molecule has 0 bridgehead atoms. The van der Waals surface area contributed by atoms with Gasteiger partial charge in [0.1, 0.15) is 17.5 Å². The van der Waals surface area contributed by atoms with Crippen LogP contribution in [0.2, 0.25) is 0 Å². The fourth-order valence-electron chi connectivity index (χ4n) is 4.62. The van der Waals surface area contributed by atoms with Crippen LogP contribution in [-0.2, 0) is 19.3 Å². The van der Waals surface area contributed by atoms with Crippen LogP contribution in [0.15, 0.2) is 42.5 Å². The third-order valence-corrected chi connectivity index (χ3v) is 6.43. The van der Waals surface area contributed by atoms with Gasteiger partial charge in [0.2, 0.25) is 0 Å². The molecule has 0 radical (unpaired) electrons. The lowest BCUT2D eigenvalue weighted by atomic mass is 9.78. The van der Waals surface area contributed by atoms with Crippen LogP contribution < -0.4 is 0 Å². The van der Waals surface area contributed by atoms with Gasteiger partial charge in [-0.3, -0.25) is 0 Å². The Bertz CT molecular complexity index is 1240. The van der Waals surface area contributed by atoms with Gasteiger partial charge in [0.05, 0.1) is 5.56 Å². The fourth-order valence-corrected chi connectivity index (χ4v) is 4.62. The zero-order valence-corrected chi connectivity index (χ0v) is 19.0. The SMILES string of the molecule is CCCCCc1cc(F)c(C2CCc3c(ccc(C#Cc4ccc(F)c(F)c4)c3F)C2)c(F)c1. The quantitative estimate of drug-likeness (QED) is 0.204. The average molecular weight is 469 g/mol. The molecule has 0 spiro atoms. The third kappa shape index (κ3) is 5.17. The average Bonchev–Trinajstić information content (AvgIpc) is 2.80. The lowest BCUT2D eigenvalue weighted by Crippen LogP contribution is -2.17. The van der Waals surface area contributed by atoms with E-state index in [9.17, 15) is 17.6 Å². The van der Waals surface area contributed by atoms with Crippen LogP contribution in [0.1, 0.15) is 71.9 Å². The molecule has 3 aromatic rings. The third-order valence-electron chi connectivity index (χ3n) is 6.43. The minimum atomic E-state index is -1.02. The van der Waals surface area contributed by atoms with Gasteiger partial charge in [0.25, 0.3) is 0 Å². The zero-order chi connectivity index (χ0) is 24.2. The molecule has 3 aromatic carbocycles. The number of aryl methyl sites for hydroxylation is 1. The molecule has 0 heterocycles. The van der Waals surface area contributed by atoms with Gasteiger partial charge < -0.3 is 0 Å². The Morgan fingerprint density at radius 2 is 1.59 bits per heavy atom. The van der Waals surface area contributed by atoms with Crippen molar-refractivity contribution in [3.63, 3.8) is 0 Å². The molecule has 5 heteroatoms. The summed E-state index contributed by atoms with van der Waals surface area (Å²) in [6.45, 7) is 2.08. The van der Waals surface area contributed by atoms with Gasteiger partial charge in [0, 0.05) is 11.1 Å². The maximum Gasteiger partial charge on any atom is 0.160 e. The second-order valence-electron chi connectivity index (χ2n) is 8.81. The predicted octanol–water partition coefficient (Wildman–Crippen LogP) is 7.79. The Morgan fingerprint density at radius 3 is 2.29 bits per heavy atom. The minimum Gasteiger partial charge on any atom is -0.207 e. The van der Waals surface area contributed by atoms with Crippen LogP contribution in [0.3, 0.4) is 0 Å². The monoisotopic (exact) mass is 468 g/mol. The topological polar surface area (TPSA) is 0 Å². The molecule has 0 N–H and O–H groups in total. The van der Waals surface area contributed by atoms with Crippen LogP contribution >= 0.6 is 0 Å². The van der Waals surface area contributed by atoms with Crippen molar-refractivity contribution in [3.05, 3.63) is 105 Å². The van der Waals surface area contributed by atoms with Crippen molar-refractivity contribution in [2.24, 2.45) is 0 Å². The van der Waals surface area contributed by atoms with Crippen molar-refractivity contribution in [1.82, 2.24) is 0 Å². The molecule has 0 nitrogen and oxygen atoms in total. The van der Waals surface area contributed by atoms with Gasteiger partial charge in [-0.2, -0.15) is 0 Å². The molecule has 176 valence electrons. The largest absolute Gasteiger partial charge is 0.207 e. The number of fused-ring (bicyclic) bond motifs is 1. The minimum absolute atomic E-state index is 0.0764. The van der Waals surface area contributed by atoms with Crippen molar-refractivity contribution in [2.75, 3.05) is 0 Å². The summed E-state index contributed by atoms with van der Waals surface area (Å²) in [4.78, 5) is 0. The van der Waals surface area contributed by atoms with Crippen LogP contribution in [0, 0.1) is 40.9 Å². The Hall–Kier alpha value is -3.13. The molecule has 1 atom stereocenters. The van der Waals surface area contributed by atoms with E-state index >= 15 is 4.39 Å². The molecule has 0 aromatic heterocycles. The molecule has 0 amide bonds. The van der Waals surface area contributed by atoms with Gasteiger partial charge >= 0.3 is 0 Å². The van der Waals surface area contributed by atoms with Crippen molar-refractivity contribution in [2.45, 2.75) is 57.8 Å². The first-order valence-electron chi connectivity index (χ1n) is 11.6. The predicted molar refractivity (Wildman–Crippen MR) is 123 cm³/mol. The van der Waals surface area contributed by atoms with E-state index in [0.29, 0.717) is 42.4 Å². The molecule has 1 aliphatic rings. The summed E-state index contributed by atoms with van der Waals surface area (Å²) in [7, 11) is 0. The number of hydrogen-bond acceptors (Lipinski definition) is 0. The van der Waals surface area contributed by atoms with E-state index in [1.54, 1.807) is 6.07 Å². The summed E-state index contributed by atoms with van der Waals surface area (Å²) >= 11 is 0. The summed E-state index contributed by atoms with van der Waals surface area (Å²) < 4.78 is 71.3. The zero-order valence-electron chi connectivity index (χ0n) is 19.0. The van der Waals surface area contributed by atoms with Gasteiger partial charge in [-0.1, -0.05) is 37.7 Å². The van der Waals surface area contributed by atoms with Crippen LogP contribution in [0.4, 0.5) is 22.0 Å². The highest BCUT2D eigenvalue weighted by atomic mass is 19.2. The Morgan fingerprint density at radius 1 is 0.824 bits per heavy atom. The highest BCUT2D eigenvalue weighted by Crippen LogP contribution is 2.37. The van der Waals surface area contributed by atoms with Gasteiger partial charge in [0.15, 0.2) is 11.6 Å². The van der Waals surface area contributed by atoms with Crippen molar-refractivity contribution >= 4 is 0 Å². The molecule has 4 rings (SSSR count). The van der Waals surface area contributed by atoms with E-state index in [0.717, 1.165) is 31.4 Å².